The highest BCUT2D eigenvalue weighted by Crippen LogP contribution is 2.25. The molecule has 1 aliphatic heterocycles. The number of ether oxygens (including phenoxy) is 1. The molecule has 2 aromatic rings. The van der Waals surface area contributed by atoms with Gasteiger partial charge in [-0.1, -0.05) is 6.42 Å². The van der Waals surface area contributed by atoms with Crippen molar-refractivity contribution in [3.63, 3.8) is 0 Å². The van der Waals surface area contributed by atoms with Crippen LogP contribution in [0.1, 0.15) is 46.9 Å². The Hall–Kier alpha value is -2.76. The molecular weight excluding hydrogens is 442 g/mol. The molecule has 31 heavy (non-hydrogen) atoms. The average Bonchev–Trinajstić information content (AvgIpc) is 3.23. The first kappa shape index (κ1) is 22.9. The molecule has 2 N–H and O–H groups in total. The summed E-state index contributed by atoms with van der Waals surface area (Å²) in [4.78, 5) is 36.4. The summed E-state index contributed by atoms with van der Waals surface area (Å²) >= 11 is 1.12. The number of nitrogens with zero attached hydrogens (tertiary/aromatic N) is 1. The number of piperidine rings is 1. The number of hydrogen-bond acceptors (Lipinski definition) is 7. The van der Waals surface area contributed by atoms with Gasteiger partial charge in [0.25, 0.3) is 11.8 Å². The highest BCUT2D eigenvalue weighted by atomic mass is 32.2. The number of hydrogen-bond donors (Lipinski definition) is 2. The van der Waals surface area contributed by atoms with Crippen LogP contribution in [0.4, 0.5) is 9.80 Å². The standard InChI is InChI=1S/C20H23N3O6S2/c1-2-29-20(26)22-18(25)16-10-13-30-19(16)21-17(24)14-6-8-15(9-7-14)31(27,28)23-11-4-3-5-12-23/h6-10,13H,2-5,11-12H2,1H3,(H,21,24)(H,22,25,26). The third kappa shape index (κ3) is 5.49. The quantitative estimate of drug-likeness (QED) is 0.676. The van der Waals surface area contributed by atoms with Crippen molar-refractivity contribution in [2.24, 2.45) is 0 Å². The van der Waals surface area contributed by atoms with E-state index < -0.39 is 27.9 Å². The van der Waals surface area contributed by atoms with Crippen molar-refractivity contribution in [2.75, 3.05) is 25.0 Å². The van der Waals surface area contributed by atoms with E-state index in [0.717, 1.165) is 30.6 Å². The Morgan fingerprint density at radius 3 is 2.35 bits per heavy atom. The summed E-state index contributed by atoms with van der Waals surface area (Å²) in [6.07, 6.45) is 1.83. The number of carbonyl (C=O) groups is 3. The molecule has 9 nitrogen and oxygen atoms in total. The van der Waals surface area contributed by atoms with Crippen molar-refractivity contribution >= 4 is 44.3 Å². The van der Waals surface area contributed by atoms with Crippen LogP contribution in [0.25, 0.3) is 0 Å². The maximum atomic E-state index is 12.7. The summed E-state index contributed by atoms with van der Waals surface area (Å²) in [6, 6.07) is 7.14. The number of anilines is 1. The third-order valence-corrected chi connectivity index (χ3v) is 7.44. The molecule has 1 aliphatic rings. The van der Waals surface area contributed by atoms with Crippen LogP contribution in [0.15, 0.2) is 40.6 Å². The van der Waals surface area contributed by atoms with Crippen LogP contribution in [0.3, 0.4) is 0 Å². The number of thiophene rings is 1. The van der Waals surface area contributed by atoms with E-state index in [1.54, 1.807) is 12.3 Å². The second kappa shape index (κ2) is 10.0. The molecule has 3 amide bonds. The van der Waals surface area contributed by atoms with Gasteiger partial charge in [0.15, 0.2) is 0 Å². The molecule has 0 saturated carbocycles. The maximum absolute atomic E-state index is 12.7. The van der Waals surface area contributed by atoms with E-state index in [-0.39, 0.29) is 27.6 Å². The van der Waals surface area contributed by atoms with Gasteiger partial charge in [-0.3, -0.25) is 14.9 Å². The highest BCUT2D eigenvalue weighted by Gasteiger charge is 2.26. The summed E-state index contributed by atoms with van der Waals surface area (Å²) in [5.74, 6) is -1.20. The number of sulfonamides is 1. The Morgan fingerprint density at radius 1 is 1.03 bits per heavy atom. The van der Waals surface area contributed by atoms with E-state index in [0.29, 0.717) is 13.1 Å². The molecule has 1 fully saturated rings. The Bertz CT molecular complexity index is 1060. The van der Waals surface area contributed by atoms with E-state index in [1.165, 1.54) is 34.6 Å². The summed E-state index contributed by atoms with van der Waals surface area (Å²) in [5, 5.41) is 6.56. The van der Waals surface area contributed by atoms with Crippen molar-refractivity contribution in [2.45, 2.75) is 31.1 Å². The van der Waals surface area contributed by atoms with E-state index >= 15 is 0 Å². The Morgan fingerprint density at radius 2 is 1.71 bits per heavy atom. The number of nitrogens with one attached hydrogen (secondary N) is 2. The normalized spacial score (nSPS) is 14.6. The number of imide groups is 1. The second-order valence-electron chi connectivity index (χ2n) is 6.78. The fraction of sp³-hybridized carbons (Fsp3) is 0.350. The lowest BCUT2D eigenvalue weighted by molar-refractivity contribution is 0.0926. The number of benzene rings is 1. The molecule has 0 radical (unpaired) electrons. The van der Waals surface area contributed by atoms with Crippen LogP contribution < -0.4 is 10.6 Å². The van der Waals surface area contributed by atoms with Gasteiger partial charge in [0.2, 0.25) is 10.0 Å². The minimum absolute atomic E-state index is 0.121. The van der Waals surface area contributed by atoms with Gasteiger partial charge in [-0.25, -0.2) is 13.2 Å². The molecule has 0 aliphatic carbocycles. The van der Waals surface area contributed by atoms with Crippen molar-refractivity contribution in [3.8, 4) is 0 Å². The highest BCUT2D eigenvalue weighted by molar-refractivity contribution is 7.89. The number of amides is 3. The maximum Gasteiger partial charge on any atom is 0.414 e. The average molecular weight is 466 g/mol. The number of rotatable bonds is 6. The van der Waals surface area contributed by atoms with Crippen LogP contribution in [-0.4, -0.2) is 50.3 Å². The molecule has 0 spiro atoms. The summed E-state index contributed by atoms with van der Waals surface area (Å²) < 4.78 is 31.6. The predicted molar refractivity (Wildman–Crippen MR) is 116 cm³/mol. The van der Waals surface area contributed by atoms with Gasteiger partial charge in [-0.15, -0.1) is 11.3 Å². The van der Waals surface area contributed by atoms with Gasteiger partial charge in [0.1, 0.15) is 5.00 Å². The molecule has 0 unspecified atom stereocenters. The van der Waals surface area contributed by atoms with Crippen LogP contribution in [0.5, 0.6) is 0 Å². The van der Waals surface area contributed by atoms with E-state index in [4.69, 9.17) is 0 Å². The zero-order chi connectivity index (χ0) is 22.4. The van der Waals surface area contributed by atoms with Crippen molar-refractivity contribution in [1.29, 1.82) is 0 Å². The molecule has 11 heteroatoms. The van der Waals surface area contributed by atoms with Gasteiger partial charge in [0, 0.05) is 18.7 Å². The SMILES string of the molecule is CCOC(=O)NC(=O)c1ccsc1NC(=O)c1ccc(S(=O)(=O)N2CCCCC2)cc1. The topological polar surface area (TPSA) is 122 Å². The van der Waals surface area contributed by atoms with E-state index in [2.05, 4.69) is 15.4 Å². The fourth-order valence-corrected chi connectivity index (χ4v) is 5.42. The largest absolute Gasteiger partial charge is 0.450 e. The van der Waals surface area contributed by atoms with Crippen molar-refractivity contribution in [3.05, 3.63) is 46.8 Å². The Labute approximate surface area is 184 Å². The van der Waals surface area contributed by atoms with E-state index in [9.17, 15) is 22.8 Å². The fourth-order valence-electron chi connectivity index (χ4n) is 3.12. The van der Waals surface area contributed by atoms with Crippen LogP contribution in [0.2, 0.25) is 0 Å². The van der Waals surface area contributed by atoms with Crippen LogP contribution >= 0.6 is 11.3 Å². The molecule has 1 saturated heterocycles. The van der Waals surface area contributed by atoms with E-state index in [1.807, 2.05) is 0 Å². The molecule has 1 aromatic heterocycles. The molecule has 2 heterocycles. The van der Waals surface area contributed by atoms with Crippen molar-refractivity contribution in [1.82, 2.24) is 9.62 Å². The molecule has 166 valence electrons. The molecular formula is C20H23N3O6S2. The van der Waals surface area contributed by atoms with Gasteiger partial charge in [-0.2, -0.15) is 4.31 Å². The summed E-state index contributed by atoms with van der Waals surface area (Å²) in [5.41, 5.74) is 0.360. The molecule has 3 rings (SSSR count). The Kier molecular flexibility index (Phi) is 7.42. The van der Waals surface area contributed by atoms with Crippen LogP contribution in [0, 0.1) is 0 Å². The minimum Gasteiger partial charge on any atom is -0.450 e. The third-order valence-electron chi connectivity index (χ3n) is 4.70. The molecule has 0 atom stereocenters. The summed E-state index contributed by atoms with van der Waals surface area (Å²) in [7, 11) is -3.58. The van der Waals surface area contributed by atoms with Crippen molar-refractivity contribution < 1.29 is 27.5 Å². The van der Waals surface area contributed by atoms with Crippen LogP contribution in [-0.2, 0) is 14.8 Å². The first-order valence-electron chi connectivity index (χ1n) is 9.80. The Balaban J connectivity index is 1.69. The van der Waals surface area contributed by atoms with Gasteiger partial charge in [0.05, 0.1) is 17.1 Å². The lowest BCUT2D eigenvalue weighted by Gasteiger charge is -2.25. The lowest BCUT2D eigenvalue weighted by Crippen LogP contribution is -2.35. The summed E-state index contributed by atoms with van der Waals surface area (Å²) in [6.45, 7) is 2.73. The van der Waals surface area contributed by atoms with Gasteiger partial charge in [-0.05, 0) is 55.5 Å². The zero-order valence-electron chi connectivity index (χ0n) is 16.9. The first-order chi connectivity index (χ1) is 14.8. The minimum atomic E-state index is -3.58. The number of alkyl carbamates (subject to hydrolysis) is 1. The predicted octanol–water partition coefficient (Wildman–Crippen LogP) is 3.06. The van der Waals surface area contributed by atoms with Gasteiger partial charge < -0.3 is 10.1 Å². The lowest BCUT2D eigenvalue weighted by atomic mass is 10.2. The number of carbonyl (C=O) groups excluding carboxylic acids is 3. The second-order valence-corrected chi connectivity index (χ2v) is 9.64. The first-order valence-corrected chi connectivity index (χ1v) is 12.1. The zero-order valence-corrected chi connectivity index (χ0v) is 18.6. The smallest absolute Gasteiger partial charge is 0.414 e. The monoisotopic (exact) mass is 465 g/mol. The van der Waals surface area contributed by atoms with Gasteiger partial charge >= 0.3 is 6.09 Å². The molecule has 0 bridgehead atoms. The molecule has 1 aromatic carbocycles.